The molecule has 1 aromatic rings. The molecule has 1 heterocycles. The number of hydrogen-bond acceptors (Lipinski definition) is 4. The van der Waals surface area contributed by atoms with Crippen LogP contribution >= 0.6 is 0 Å². The van der Waals surface area contributed by atoms with Crippen molar-refractivity contribution in [2.75, 3.05) is 58.0 Å². The van der Waals surface area contributed by atoms with E-state index in [-0.39, 0.29) is 6.04 Å². The van der Waals surface area contributed by atoms with Gasteiger partial charge in [-0.1, -0.05) is 0 Å². The molecule has 0 saturated carbocycles. The maximum atomic E-state index is 14.0. The lowest BCUT2D eigenvalue weighted by molar-refractivity contribution is 0.0702. The summed E-state index contributed by atoms with van der Waals surface area (Å²) in [4.78, 5) is 6.49. The van der Waals surface area contributed by atoms with Gasteiger partial charge in [0, 0.05) is 52.0 Å². The normalized spacial score (nSPS) is 17.4. The van der Waals surface area contributed by atoms with E-state index in [4.69, 9.17) is 9.47 Å². The summed E-state index contributed by atoms with van der Waals surface area (Å²) in [5, 5.41) is 6.63. The number of guanidine groups is 1. The predicted octanol–water partition coefficient (Wildman–Crippen LogP) is 2.15. The Hall–Kier alpha value is -1.93. The van der Waals surface area contributed by atoms with Crippen molar-refractivity contribution in [3.8, 4) is 0 Å². The lowest BCUT2D eigenvalue weighted by Crippen LogP contribution is -2.44. The number of hydrogen-bond donors (Lipinski definition) is 2. The summed E-state index contributed by atoms with van der Waals surface area (Å²) in [6.45, 7) is 6.63. The standard InChI is InChI=1S/C19H30F2N4O2/c1-3-22-19(23-8-4-10-27-12-11-26-2)24-16-7-9-25(14-16)18-6-5-15(20)13-17(18)21/h5-6,13,16H,3-4,7-12,14H2,1-2H3,(H2,22,23,24). The van der Waals surface area contributed by atoms with Gasteiger partial charge in [0.1, 0.15) is 11.6 Å². The molecule has 27 heavy (non-hydrogen) atoms. The molecule has 1 aromatic carbocycles. The van der Waals surface area contributed by atoms with E-state index >= 15 is 0 Å². The molecule has 6 nitrogen and oxygen atoms in total. The monoisotopic (exact) mass is 384 g/mol. The lowest BCUT2D eigenvalue weighted by atomic mass is 10.2. The first-order valence-electron chi connectivity index (χ1n) is 9.45. The highest BCUT2D eigenvalue weighted by Gasteiger charge is 2.25. The van der Waals surface area contributed by atoms with Gasteiger partial charge in [-0.2, -0.15) is 0 Å². The molecule has 0 amide bonds. The Morgan fingerprint density at radius 1 is 1.30 bits per heavy atom. The fraction of sp³-hybridized carbons (Fsp3) is 0.632. The molecule has 1 aliphatic heterocycles. The number of aliphatic imine (C=N–C) groups is 1. The third-order valence-electron chi connectivity index (χ3n) is 4.27. The highest BCUT2D eigenvalue weighted by molar-refractivity contribution is 5.80. The molecular weight excluding hydrogens is 354 g/mol. The van der Waals surface area contributed by atoms with Crippen LogP contribution < -0.4 is 15.5 Å². The Balaban J connectivity index is 1.79. The van der Waals surface area contributed by atoms with Gasteiger partial charge in [-0.25, -0.2) is 8.78 Å². The second kappa shape index (κ2) is 11.7. The largest absolute Gasteiger partial charge is 0.382 e. The minimum absolute atomic E-state index is 0.158. The minimum atomic E-state index is -0.558. The Morgan fingerprint density at radius 2 is 2.15 bits per heavy atom. The van der Waals surface area contributed by atoms with Crippen LogP contribution in [0.15, 0.2) is 23.2 Å². The van der Waals surface area contributed by atoms with Gasteiger partial charge in [-0.15, -0.1) is 0 Å². The van der Waals surface area contributed by atoms with Crippen LogP contribution in [0.25, 0.3) is 0 Å². The molecule has 1 unspecified atom stereocenters. The van der Waals surface area contributed by atoms with Crippen molar-refractivity contribution in [1.29, 1.82) is 0 Å². The molecule has 152 valence electrons. The van der Waals surface area contributed by atoms with Crippen molar-refractivity contribution in [1.82, 2.24) is 10.6 Å². The fourth-order valence-electron chi connectivity index (χ4n) is 2.95. The fourth-order valence-corrected chi connectivity index (χ4v) is 2.95. The van der Waals surface area contributed by atoms with Crippen LogP contribution in [0.4, 0.5) is 14.5 Å². The van der Waals surface area contributed by atoms with Gasteiger partial charge in [-0.05, 0) is 31.9 Å². The van der Waals surface area contributed by atoms with E-state index < -0.39 is 11.6 Å². The number of anilines is 1. The molecule has 8 heteroatoms. The van der Waals surface area contributed by atoms with Crippen molar-refractivity contribution in [3.63, 3.8) is 0 Å². The number of nitrogens with one attached hydrogen (secondary N) is 2. The summed E-state index contributed by atoms with van der Waals surface area (Å²) < 4.78 is 37.4. The van der Waals surface area contributed by atoms with E-state index in [1.807, 2.05) is 11.8 Å². The summed E-state index contributed by atoms with van der Waals surface area (Å²) in [5.74, 6) is -0.330. The summed E-state index contributed by atoms with van der Waals surface area (Å²) in [6, 6.07) is 3.87. The van der Waals surface area contributed by atoms with Crippen LogP contribution in [0.1, 0.15) is 19.8 Å². The van der Waals surface area contributed by atoms with E-state index in [0.717, 1.165) is 31.4 Å². The molecular formula is C19H30F2N4O2. The van der Waals surface area contributed by atoms with Crippen LogP contribution in [0.5, 0.6) is 0 Å². The molecule has 0 radical (unpaired) electrons. The first-order chi connectivity index (χ1) is 13.1. The topological polar surface area (TPSA) is 58.1 Å². The van der Waals surface area contributed by atoms with E-state index in [1.165, 1.54) is 12.1 Å². The van der Waals surface area contributed by atoms with Crippen molar-refractivity contribution >= 4 is 11.6 Å². The zero-order valence-electron chi connectivity index (χ0n) is 16.1. The molecule has 2 rings (SSSR count). The van der Waals surface area contributed by atoms with Gasteiger partial charge in [0.25, 0.3) is 0 Å². The number of ether oxygens (including phenoxy) is 2. The van der Waals surface area contributed by atoms with E-state index in [2.05, 4.69) is 15.6 Å². The summed E-state index contributed by atoms with van der Waals surface area (Å²) in [6.07, 6.45) is 1.69. The predicted molar refractivity (Wildman–Crippen MR) is 103 cm³/mol. The molecule has 0 bridgehead atoms. The SMILES string of the molecule is CCNC(=NCCCOCCOC)NC1CCN(c2ccc(F)cc2F)C1. The van der Waals surface area contributed by atoms with Gasteiger partial charge in [0.15, 0.2) is 5.96 Å². The van der Waals surface area contributed by atoms with Gasteiger partial charge in [0.2, 0.25) is 0 Å². The van der Waals surface area contributed by atoms with Gasteiger partial charge < -0.3 is 25.0 Å². The molecule has 0 spiro atoms. The number of halogens is 2. The third-order valence-corrected chi connectivity index (χ3v) is 4.27. The number of methoxy groups -OCH3 is 1. The Kier molecular flexibility index (Phi) is 9.27. The van der Waals surface area contributed by atoms with E-state index in [0.29, 0.717) is 45.1 Å². The average molecular weight is 384 g/mol. The number of rotatable bonds is 10. The van der Waals surface area contributed by atoms with Gasteiger partial charge in [-0.3, -0.25) is 4.99 Å². The molecule has 1 saturated heterocycles. The van der Waals surface area contributed by atoms with Gasteiger partial charge in [0.05, 0.1) is 18.9 Å². The molecule has 2 N–H and O–H groups in total. The zero-order chi connectivity index (χ0) is 19.5. The van der Waals surface area contributed by atoms with Crippen molar-refractivity contribution in [3.05, 3.63) is 29.8 Å². The van der Waals surface area contributed by atoms with Gasteiger partial charge >= 0.3 is 0 Å². The molecule has 1 atom stereocenters. The first kappa shape index (κ1) is 21.4. The second-order valence-corrected chi connectivity index (χ2v) is 6.39. The Morgan fingerprint density at radius 3 is 2.89 bits per heavy atom. The number of benzene rings is 1. The van der Waals surface area contributed by atoms with E-state index in [1.54, 1.807) is 7.11 Å². The van der Waals surface area contributed by atoms with Crippen LogP contribution in [0.2, 0.25) is 0 Å². The van der Waals surface area contributed by atoms with Crippen LogP contribution in [-0.2, 0) is 9.47 Å². The summed E-state index contributed by atoms with van der Waals surface area (Å²) in [7, 11) is 1.65. The Labute approximate surface area is 159 Å². The molecule has 1 fully saturated rings. The quantitative estimate of drug-likeness (QED) is 0.368. The smallest absolute Gasteiger partial charge is 0.191 e. The highest BCUT2D eigenvalue weighted by Crippen LogP contribution is 2.24. The summed E-state index contributed by atoms with van der Waals surface area (Å²) in [5.41, 5.74) is 0.441. The van der Waals surface area contributed by atoms with Crippen LogP contribution in [0.3, 0.4) is 0 Å². The lowest BCUT2D eigenvalue weighted by Gasteiger charge is -2.21. The van der Waals surface area contributed by atoms with Crippen molar-refractivity contribution in [2.45, 2.75) is 25.8 Å². The average Bonchev–Trinajstić information content (AvgIpc) is 3.09. The maximum Gasteiger partial charge on any atom is 0.191 e. The van der Waals surface area contributed by atoms with Crippen molar-refractivity contribution in [2.24, 2.45) is 4.99 Å². The maximum absolute atomic E-state index is 14.0. The first-order valence-corrected chi connectivity index (χ1v) is 9.45. The molecule has 0 aliphatic carbocycles. The van der Waals surface area contributed by atoms with E-state index in [9.17, 15) is 8.78 Å². The molecule has 0 aromatic heterocycles. The molecule has 1 aliphatic rings. The second-order valence-electron chi connectivity index (χ2n) is 6.39. The third kappa shape index (κ3) is 7.30. The summed E-state index contributed by atoms with van der Waals surface area (Å²) >= 11 is 0. The zero-order valence-corrected chi connectivity index (χ0v) is 16.1. The number of nitrogens with zero attached hydrogens (tertiary/aromatic N) is 2. The minimum Gasteiger partial charge on any atom is -0.382 e. The Bertz CT molecular complexity index is 601. The van der Waals surface area contributed by atoms with Crippen LogP contribution in [0, 0.1) is 11.6 Å². The van der Waals surface area contributed by atoms with Crippen molar-refractivity contribution < 1.29 is 18.3 Å². The van der Waals surface area contributed by atoms with Crippen LogP contribution in [-0.4, -0.2) is 65.1 Å². The highest BCUT2D eigenvalue weighted by atomic mass is 19.1.